The average molecular weight is 893 g/mol. The summed E-state index contributed by atoms with van der Waals surface area (Å²) in [5, 5.41) is 0. The first-order chi connectivity index (χ1) is 30.0. The normalized spacial score (nSPS) is 35.8. The third-order valence-corrected chi connectivity index (χ3v) is 18.1. The molecule has 10 atom stereocenters. The number of rotatable bonds is 2. The van der Waals surface area contributed by atoms with Crippen LogP contribution in [-0.2, 0) is 38.2 Å². The second-order valence-electron chi connectivity index (χ2n) is 23.6. The molecule has 2 aliphatic carbocycles. The SMILES string of the molecule is COC(=O)[C@@H]1CCCCC=CCCCC(C)(C)[C@H](C)C(=O)N2CC3[C@@H]([C@H]2C(=O)C1)C3(C)C.COC(=O)[C@@H]1CCCCCCCCCC(C)(C)[C@H](C)C(=O)N2CC3[C@@H]([C@H]2C(=O)C1)C3(C)C. The highest BCUT2D eigenvalue weighted by molar-refractivity contribution is 5.95. The first-order valence-electron chi connectivity index (χ1n) is 25.5. The Kier molecular flexibility index (Phi) is 17.3. The Labute approximate surface area is 387 Å². The van der Waals surface area contributed by atoms with Crippen molar-refractivity contribution in [3.8, 4) is 0 Å². The van der Waals surface area contributed by atoms with Crippen molar-refractivity contribution >= 4 is 35.3 Å². The van der Waals surface area contributed by atoms with Crippen molar-refractivity contribution in [3.05, 3.63) is 12.2 Å². The van der Waals surface area contributed by atoms with Gasteiger partial charge in [0, 0.05) is 37.8 Å². The number of piperidine rings is 2. The third kappa shape index (κ3) is 11.5. The van der Waals surface area contributed by atoms with Gasteiger partial charge in [-0.2, -0.15) is 0 Å². The van der Waals surface area contributed by atoms with Gasteiger partial charge in [-0.25, -0.2) is 0 Å². The Bertz CT molecular complexity index is 1700. The molecule has 0 aromatic rings. The van der Waals surface area contributed by atoms with E-state index in [9.17, 15) is 28.8 Å². The van der Waals surface area contributed by atoms with Crippen LogP contribution in [0, 0.1) is 69.0 Å². The lowest BCUT2D eigenvalue weighted by Gasteiger charge is -2.38. The largest absolute Gasteiger partial charge is 0.469 e. The number of hydrogen-bond acceptors (Lipinski definition) is 8. The number of hydrogen-bond donors (Lipinski definition) is 0. The Morgan fingerprint density at radius 3 is 1.31 bits per heavy atom. The van der Waals surface area contributed by atoms with Gasteiger partial charge in [-0.15, -0.1) is 0 Å². The summed E-state index contributed by atoms with van der Waals surface area (Å²) in [6.45, 7) is 23.0. The molecule has 0 aromatic heterocycles. The monoisotopic (exact) mass is 893 g/mol. The molecule has 2 saturated carbocycles. The Balaban J connectivity index is 0.000000241. The van der Waals surface area contributed by atoms with E-state index in [1.165, 1.54) is 39.9 Å². The van der Waals surface area contributed by atoms with E-state index in [1.807, 2.05) is 23.6 Å². The molecule has 2 amide bonds. The van der Waals surface area contributed by atoms with Gasteiger partial charge in [0.05, 0.1) is 38.1 Å². The van der Waals surface area contributed by atoms with Crippen LogP contribution in [0.2, 0.25) is 0 Å². The second-order valence-corrected chi connectivity index (χ2v) is 23.6. The number of allylic oxidation sites excluding steroid dienone is 2. The van der Waals surface area contributed by atoms with E-state index in [1.54, 1.807) is 0 Å². The van der Waals surface area contributed by atoms with Crippen LogP contribution < -0.4 is 0 Å². The number of carbonyl (C=O) groups is 6. The molecule has 0 N–H and O–H groups in total. The van der Waals surface area contributed by atoms with Crippen LogP contribution in [0.5, 0.6) is 0 Å². The number of esters is 2. The molecular formula is C54H88N2O8. The van der Waals surface area contributed by atoms with Crippen molar-refractivity contribution in [2.45, 2.75) is 197 Å². The van der Waals surface area contributed by atoms with Gasteiger partial charge in [0.15, 0.2) is 11.6 Å². The molecule has 0 aromatic carbocycles. The standard InChI is InChI=1S/C27H45NO4.C27H43NO4/c2*1-18-24(30)28-17-20-22(27(20,4)5)23(28)21(29)16-19(25(31)32-6)14-12-10-8-7-9-11-13-15-26(18,2)3/h18-20,22-23H,7-17H2,1-6H3;7,9,18-20,22-23H,8,10-17H2,1-6H3/t2*18-,19-,20?,22+,23-/m11/s1. The summed E-state index contributed by atoms with van der Waals surface area (Å²) in [5.41, 5.74) is -0.0325. The maximum Gasteiger partial charge on any atom is 0.309 e. The summed E-state index contributed by atoms with van der Waals surface area (Å²) in [4.78, 5) is 83.2. The highest BCUT2D eigenvalue weighted by atomic mass is 16.5. The third-order valence-electron chi connectivity index (χ3n) is 18.1. The van der Waals surface area contributed by atoms with E-state index < -0.39 is 17.9 Å². The molecule has 4 heterocycles. The van der Waals surface area contributed by atoms with Crippen LogP contribution in [0.25, 0.3) is 0 Å². The molecular weight excluding hydrogens is 805 g/mol. The number of amides is 2. The van der Waals surface area contributed by atoms with Gasteiger partial charge in [-0.3, -0.25) is 28.8 Å². The van der Waals surface area contributed by atoms with Crippen LogP contribution in [0.3, 0.4) is 0 Å². The summed E-state index contributed by atoms with van der Waals surface area (Å²) in [6.07, 6.45) is 21.2. The molecule has 2 unspecified atom stereocenters. The molecule has 5 fully saturated rings. The quantitative estimate of drug-likeness (QED) is 0.198. The number of ketones is 2. The highest BCUT2D eigenvalue weighted by Crippen LogP contribution is 2.66. The minimum absolute atomic E-state index is 0.0426. The maximum absolute atomic E-state index is 13.7. The van der Waals surface area contributed by atoms with Gasteiger partial charge < -0.3 is 19.3 Å². The minimum Gasteiger partial charge on any atom is -0.469 e. The van der Waals surface area contributed by atoms with E-state index in [4.69, 9.17) is 9.47 Å². The molecule has 10 nitrogen and oxygen atoms in total. The topological polar surface area (TPSA) is 127 Å². The van der Waals surface area contributed by atoms with E-state index in [-0.39, 0.29) is 99.5 Å². The number of fused-ring (bicyclic) bond motifs is 6. The van der Waals surface area contributed by atoms with E-state index >= 15 is 0 Å². The predicted octanol–water partition coefficient (Wildman–Crippen LogP) is 10.6. The average Bonchev–Trinajstić information content (AvgIpc) is 3.70. The van der Waals surface area contributed by atoms with Gasteiger partial charge in [0.2, 0.25) is 11.8 Å². The van der Waals surface area contributed by atoms with Crippen LogP contribution >= 0.6 is 0 Å². The molecule has 0 bridgehead atoms. The lowest BCUT2D eigenvalue weighted by molar-refractivity contribution is -0.150. The summed E-state index contributed by atoms with van der Waals surface area (Å²) in [6, 6.07) is -0.783. The number of carbonyl (C=O) groups excluding carboxylic acids is 6. The van der Waals surface area contributed by atoms with Gasteiger partial charge in [0.1, 0.15) is 0 Å². The summed E-state index contributed by atoms with van der Waals surface area (Å²) < 4.78 is 10.1. The smallest absolute Gasteiger partial charge is 0.309 e. The van der Waals surface area contributed by atoms with Gasteiger partial charge in [-0.1, -0.05) is 133 Å². The molecule has 64 heavy (non-hydrogen) atoms. The first-order valence-corrected chi connectivity index (χ1v) is 25.5. The molecule has 6 rings (SSSR count). The number of ether oxygens (including phenoxy) is 2. The second kappa shape index (κ2) is 21.3. The summed E-state index contributed by atoms with van der Waals surface area (Å²) >= 11 is 0. The zero-order chi connectivity index (χ0) is 47.4. The molecule has 362 valence electrons. The van der Waals surface area contributed by atoms with E-state index in [2.05, 4.69) is 67.5 Å². The van der Waals surface area contributed by atoms with Crippen LogP contribution in [0.4, 0.5) is 0 Å². The molecule has 4 aliphatic heterocycles. The summed E-state index contributed by atoms with van der Waals surface area (Å²) in [7, 11) is 2.80. The van der Waals surface area contributed by atoms with Crippen LogP contribution in [0.1, 0.15) is 185 Å². The van der Waals surface area contributed by atoms with Crippen molar-refractivity contribution in [2.75, 3.05) is 27.3 Å². The molecule has 0 spiro atoms. The van der Waals surface area contributed by atoms with Crippen LogP contribution in [0.15, 0.2) is 12.2 Å². The molecule has 3 saturated heterocycles. The van der Waals surface area contributed by atoms with Crippen LogP contribution in [-0.4, -0.2) is 84.5 Å². The Morgan fingerprint density at radius 2 is 0.891 bits per heavy atom. The highest BCUT2D eigenvalue weighted by Gasteiger charge is 2.70. The van der Waals surface area contributed by atoms with Crippen molar-refractivity contribution in [2.24, 2.45) is 69.0 Å². The fourth-order valence-corrected chi connectivity index (χ4v) is 12.5. The molecule has 6 aliphatic rings. The summed E-state index contributed by atoms with van der Waals surface area (Å²) in [5.74, 6) is -0.150. The van der Waals surface area contributed by atoms with Gasteiger partial charge >= 0.3 is 11.9 Å². The van der Waals surface area contributed by atoms with E-state index in [0.717, 1.165) is 64.2 Å². The zero-order valence-electron chi connectivity index (χ0n) is 42.2. The predicted molar refractivity (Wildman–Crippen MR) is 252 cm³/mol. The maximum atomic E-state index is 13.7. The lowest BCUT2D eigenvalue weighted by Crippen LogP contribution is -2.50. The Hall–Kier alpha value is -3.04. The Morgan fingerprint density at radius 1 is 0.531 bits per heavy atom. The minimum atomic E-state index is -0.418. The van der Waals surface area contributed by atoms with Crippen molar-refractivity contribution in [3.63, 3.8) is 0 Å². The van der Waals surface area contributed by atoms with Gasteiger partial charge in [-0.05, 0) is 96.7 Å². The molecule has 0 radical (unpaired) electrons. The first kappa shape index (κ1) is 51.9. The zero-order valence-corrected chi connectivity index (χ0v) is 42.2. The number of nitrogens with zero attached hydrogens (tertiary/aromatic N) is 2. The number of Topliss-reactive ketones (excluding diaryl/α,β-unsaturated/α-hetero) is 2. The number of methoxy groups -OCH3 is 2. The van der Waals surface area contributed by atoms with E-state index in [0.29, 0.717) is 37.8 Å². The fourth-order valence-electron chi connectivity index (χ4n) is 12.5. The molecule has 10 heteroatoms. The lowest BCUT2D eigenvalue weighted by atomic mass is 9.75. The van der Waals surface area contributed by atoms with Crippen molar-refractivity contribution in [1.29, 1.82) is 0 Å². The van der Waals surface area contributed by atoms with Crippen molar-refractivity contribution < 1.29 is 38.2 Å². The van der Waals surface area contributed by atoms with Gasteiger partial charge in [0.25, 0.3) is 0 Å². The fraction of sp³-hybridized carbons (Fsp3) is 0.852. The van der Waals surface area contributed by atoms with Crippen molar-refractivity contribution in [1.82, 2.24) is 9.80 Å².